The van der Waals surface area contributed by atoms with Gasteiger partial charge in [-0.1, -0.05) is 25.1 Å². The van der Waals surface area contributed by atoms with Crippen molar-refractivity contribution in [1.29, 1.82) is 0 Å². The molecule has 2 aromatic heterocycles. The highest BCUT2D eigenvalue weighted by Gasteiger charge is 2.06. The third kappa shape index (κ3) is 2.89. The first-order valence-corrected chi connectivity index (χ1v) is 7.79. The Hall–Kier alpha value is -1.72. The molecule has 20 heavy (non-hydrogen) atoms. The number of nitrogens with one attached hydrogen (secondary N) is 1. The van der Waals surface area contributed by atoms with E-state index in [4.69, 9.17) is 0 Å². The second-order valence-corrected chi connectivity index (χ2v) is 5.70. The minimum Gasteiger partial charge on any atom is -0.310 e. The van der Waals surface area contributed by atoms with E-state index in [1.165, 1.54) is 15.6 Å². The zero-order valence-corrected chi connectivity index (χ0v) is 12.4. The van der Waals surface area contributed by atoms with Gasteiger partial charge >= 0.3 is 0 Å². The van der Waals surface area contributed by atoms with E-state index in [1.54, 1.807) is 11.3 Å². The van der Waals surface area contributed by atoms with E-state index in [2.05, 4.69) is 52.0 Å². The first-order chi connectivity index (χ1) is 9.86. The average Bonchev–Trinajstić information content (AvgIpc) is 3.08. The maximum absolute atomic E-state index is 4.51. The molecule has 0 atom stereocenters. The highest BCUT2D eigenvalue weighted by atomic mass is 32.1. The molecule has 0 aliphatic rings. The lowest BCUT2D eigenvalue weighted by atomic mass is 10.2. The van der Waals surface area contributed by atoms with Crippen LogP contribution in [0.5, 0.6) is 0 Å². The Morgan fingerprint density at radius 1 is 1.30 bits per heavy atom. The average molecular weight is 286 g/mol. The second kappa shape index (κ2) is 6.15. The standard InChI is InChI=1S/C15H18N4S/c1-2-7-16-8-15-17-11-19(18-15)9-12-10-20-14-6-4-3-5-13(12)14/h3-6,10-11,16H,2,7-9H2,1H3. The number of fused-ring (bicyclic) bond motifs is 1. The number of thiophene rings is 1. The molecule has 4 nitrogen and oxygen atoms in total. The number of benzene rings is 1. The molecule has 0 saturated carbocycles. The summed E-state index contributed by atoms with van der Waals surface area (Å²) in [5, 5.41) is 11.4. The molecular formula is C15H18N4S. The highest BCUT2D eigenvalue weighted by Crippen LogP contribution is 2.25. The number of hydrogen-bond acceptors (Lipinski definition) is 4. The molecule has 0 saturated heterocycles. The van der Waals surface area contributed by atoms with Gasteiger partial charge < -0.3 is 5.32 Å². The largest absolute Gasteiger partial charge is 0.310 e. The van der Waals surface area contributed by atoms with Gasteiger partial charge in [-0.25, -0.2) is 9.67 Å². The smallest absolute Gasteiger partial charge is 0.164 e. The van der Waals surface area contributed by atoms with E-state index < -0.39 is 0 Å². The van der Waals surface area contributed by atoms with Crippen LogP contribution < -0.4 is 5.32 Å². The lowest BCUT2D eigenvalue weighted by molar-refractivity contribution is 0.626. The summed E-state index contributed by atoms with van der Waals surface area (Å²) in [5.74, 6) is 0.859. The van der Waals surface area contributed by atoms with Crippen molar-refractivity contribution in [3.05, 3.63) is 47.4 Å². The summed E-state index contributed by atoms with van der Waals surface area (Å²) >= 11 is 1.78. The Morgan fingerprint density at radius 2 is 2.20 bits per heavy atom. The van der Waals surface area contributed by atoms with Crippen LogP contribution >= 0.6 is 11.3 Å². The zero-order valence-electron chi connectivity index (χ0n) is 11.5. The van der Waals surface area contributed by atoms with Crippen LogP contribution in [-0.4, -0.2) is 21.3 Å². The molecule has 0 amide bonds. The number of hydrogen-bond donors (Lipinski definition) is 1. The molecule has 0 spiro atoms. The maximum Gasteiger partial charge on any atom is 0.164 e. The molecule has 0 fully saturated rings. The SMILES string of the molecule is CCCNCc1ncn(Cc2csc3ccccc23)n1. The lowest BCUT2D eigenvalue weighted by Gasteiger charge is -2.00. The summed E-state index contributed by atoms with van der Waals surface area (Å²) in [7, 11) is 0. The summed E-state index contributed by atoms with van der Waals surface area (Å²) in [4.78, 5) is 4.34. The van der Waals surface area contributed by atoms with Crippen molar-refractivity contribution in [3.63, 3.8) is 0 Å². The summed E-state index contributed by atoms with van der Waals surface area (Å²) in [6, 6.07) is 8.49. The number of aromatic nitrogens is 3. The predicted molar refractivity (Wildman–Crippen MR) is 82.9 cm³/mol. The summed E-state index contributed by atoms with van der Waals surface area (Å²) in [6.45, 7) is 4.68. The summed E-state index contributed by atoms with van der Waals surface area (Å²) in [5.41, 5.74) is 1.31. The van der Waals surface area contributed by atoms with Gasteiger partial charge in [0.2, 0.25) is 0 Å². The van der Waals surface area contributed by atoms with Crippen molar-refractivity contribution < 1.29 is 0 Å². The van der Waals surface area contributed by atoms with Crippen molar-refractivity contribution in [3.8, 4) is 0 Å². The van der Waals surface area contributed by atoms with Crippen LogP contribution in [0.1, 0.15) is 24.7 Å². The van der Waals surface area contributed by atoms with Gasteiger partial charge in [0, 0.05) is 4.70 Å². The predicted octanol–water partition coefficient (Wildman–Crippen LogP) is 3.04. The van der Waals surface area contributed by atoms with Crippen molar-refractivity contribution in [2.75, 3.05) is 6.54 Å². The monoisotopic (exact) mass is 286 g/mol. The van der Waals surface area contributed by atoms with Gasteiger partial charge in [-0.3, -0.25) is 0 Å². The molecule has 0 bridgehead atoms. The van der Waals surface area contributed by atoms with E-state index in [0.717, 1.165) is 31.9 Å². The fraction of sp³-hybridized carbons (Fsp3) is 0.333. The first kappa shape index (κ1) is 13.3. The Morgan fingerprint density at radius 3 is 3.10 bits per heavy atom. The first-order valence-electron chi connectivity index (χ1n) is 6.91. The van der Waals surface area contributed by atoms with Crippen LogP contribution in [0.15, 0.2) is 36.0 Å². The number of rotatable bonds is 6. The van der Waals surface area contributed by atoms with Crippen molar-refractivity contribution >= 4 is 21.4 Å². The van der Waals surface area contributed by atoms with Crippen LogP contribution in [0.4, 0.5) is 0 Å². The Labute approximate surface area is 122 Å². The molecule has 0 aliphatic heterocycles. The highest BCUT2D eigenvalue weighted by molar-refractivity contribution is 7.17. The Balaban J connectivity index is 1.71. The van der Waals surface area contributed by atoms with E-state index in [1.807, 2.05) is 11.0 Å². The Kier molecular flexibility index (Phi) is 4.08. The van der Waals surface area contributed by atoms with E-state index in [0.29, 0.717) is 0 Å². The molecule has 0 unspecified atom stereocenters. The topological polar surface area (TPSA) is 42.7 Å². The van der Waals surface area contributed by atoms with Gasteiger partial charge in [-0.05, 0) is 35.4 Å². The zero-order chi connectivity index (χ0) is 13.8. The molecule has 0 radical (unpaired) electrons. The maximum atomic E-state index is 4.51. The van der Waals surface area contributed by atoms with E-state index in [9.17, 15) is 0 Å². The molecule has 0 aliphatic carbocycles. The van der Waals surface area contributed by atoms with Gasteiger partial charge in [0.15, 0.2) is 5.82 Å². The molecule has 1 aromatic carbocycles. The van der Waals surface area contributed by atoms with Gasteiger partial charge in [0.25, 0.3) is 0 Å². The molecule has 104 valence electrons. The Bertz CT molecular complexity index is 686. The summed E-state index contributed by atoms with van der Waals surface area (Å²) in [6.07, 6.45) is 2.94. The van der Waals surface area contributed by atoms with Crippen LogP contribution in [0, 0.1) is 0 Å². The molecule has 1 N–H and O–H groups in total. The molecule has 2 heterocycles. The molecule has 3 aromatic rings. The quantitative estimate of drug-likeness (QED) is 0.708. The summed E-state index contributed by atoms with van der Waals surface area (Å²) < 4.78 is 3.24. The van der Waals surface area contributed by atoms with Crippen LogP contribution in [-0.2, 0) is 13.1 Å². The van der Waals surface area contributed by atoms with Crippen LogP contribution in [0.25, 0.3) is 10.1 Å². The van der Waals surface area contributed by atoms with Crippen LogP contribution in [0.2, 0.25) is 0 Å². The van der Waals surface area contributed by atoms with Crippen LogP contribution in [0.3, 0.4) is 0 Å². The van der Waals surface area contributed by atoms with Gasteiger partial charge in [-0.2, -0.15) is 5.10 Å². The molecule has 5 heteroatoms. The van der Waals surface area contributed by atoms with Gasteiger partial charge in [-0.15, -0.1) is 11.3 Å². The number of nitrogens with zero attached hydrogens (tertiary/aromatic N) is 3. The van der Waals surface area contributed by atoms with Crippen molar-refractivity contribution in [1.82, 2.24) is 20.1 Å². The van der Waals surface area contributed by atoms with E-state index >= 15 is 0 Å². The minimum atomic E-state index is 0.741. The third-order valence-electron chi connectivity index (χ3n) is 3.19. The minimum absolute atomic E-state index is 0.741. The molecule has 3 rings (SSSR count). The normalized spacial score (nSPS) is 11.2. The lowest BCUT2D eigenvalue weighted by Crippen LogP contribution is -2.15. The fourth-order valence-corrected chi connectivity index (χ4v) is 3.15. The van der Waals surface area contributed by atoms with E-state index in [-0.39, 0.29) is 0 Å². The fourth-order valence-electron chi connectivity index (χ4n) is 2.20. The molecular weight excluding hydrogens is 268 g/mol. The van der Waals surface area contributed by atoms with Crippen molar-refractivity contribution in [2.45, 2.75) is 26.4 Å². The van der Waals surface area contributed by atoms with Crippen molar-refractivity contribution in [2.24, 2.45) is 0 Å². The van der Waals surface area contributed by atoms with Gasteiger partial charge in [0.1, 0.15) is 6.33 Å². The van der Waals surface area contributed by atoms with Gasteiger partial charge in [0.05, 0.1) is 13.1 Å². The second-order valence-electron chi connectivity index (χ2n) is 4.79. The third-order valence-corrected chi connectivity index (χ3v) is 4.20.